The Morgan fingerprint density at radius 3 is 3.00 bits per heavy atom. The van der Waals surface area contributed by atoms with E-state index in [9.17, 15) is 4.79 Å². The maximum absolute atomic E-state index is 12.2. The first kappa shape index (κ1) is 15.2. The second-order valence-corrected chi connectivity index (χ2v) is 6.30. The summed E-state index contributed by atoms with van der Waals surface area (Å²) in [5, 5.41) is 10.6. The molecule has 0 spiro atoms. The van der Waals surface area contributed by atoms with E-state index in [0.29, 0.717) is 5.92 Å². The SMILES string of the molecule is CCNc1cc([C@H]2CC[C@@H](OC(=O)N3CCCCC3)C2)[nH]n1. The summed E-state index contributed by atoms with van der Waals surface area (Å²) < 4.78 is 5.69. The Morgan fingerprint density at radius 2 is 2.23 bits per heavy atom. The maximum atomic E-state index is 12.2. The average Bonchev–Trinajstić information content (AvgIpc) is 3.18. The molecule has 2 fully saturated rings. The molecule has 2 heterocycles. The van der Waals surface area contributed by atoms with Gasteiger partial charge in [0.25, 0.3) is 0 Å². The second kappa shape index (κ2) is 7.03. The van der Waals surface area contributed by atoms with Crippen LogP contribution < -0.4 is 5.32 Å². The Morgan fingerprint density at radius 1 is 1.41 bits per heavy atom. The number of carbonyl (C=O) groups excluding carboxylic acids is 1. The molecule has 0 unspecified atom stereocenters. The zero-order chi connectivity index (χ0) is 15.4. The van der Waals surface area contributed by atoms with Crippen molar-refractivity contribution in [2.75, 3.05) is 25.0 Å². The number of hydrogen-bond acceptors (Lipinski definition) is 4. The molecular formula is C16H26N4O2. The lowest BCUT2D eigenvalue weighted by molar-refractivity contribution is 0.0597. The molecule has 2 atom stereocenters. The standard InChI is InChI=1S/C16H26N4O2/c1-2-17-15-11-14(18-19-15)12-6-7-13(10-12)22-16(21)20-8-4-3-5-9-20/h11-13H,2-10H2,1H3,(H2,17,18,19)/t12-,13+/m0/s1. The largest absolute Gasteiger partial charge is 0.446 e. The number of carbonyl (C=O) groups is 1. The molecule has 1 aliphatic heterocycles. The number of anilines is 1. The molecule has 122 valence electrons. The molecule has 1 saturated heterocycles. The van der Waals surface area contributed by atoms with E-state index in [1.54, 1.807) is 0 Å². The van der Waals surface area contributed by atoms with Crippen molar-refractivity contribution < 1.29 is 9.53 Å². The van der Waals surface area contributed by atoms with Gasteiger partial charge in [-0.05, 0) is 45.4 Å². The lowest BCUT2D eigenvalue weighted by Crippen LogP contribution is -2.37. The number of likely N-dealkylation sites (tertiary alicyclic amines) is 1. The van der Waals surface area contributed by atoms with Crippen LogP contribution in [0.1, 0.15) is 57.1 Å². The lowest BCUT2D eigenvalue weighted by atomic mass is 10.0. The summed E-state index contributed by atoms with van der Waals surface area (Å²) in [4.78, 5) is 14.0. The third-order valence-corrected chi connectivity index (χ3v) is 4.66. The van der Waals surface area contributed by atoms with Gasteiger partial charge in [-0.1, -0.05) is 0 Å². The number of rotatable bonds is 4. The molecule has 0 aromatic carbocycles. The van der Waals surface area contributed by atoms with Crippen LogP contribution in [-0.4, -0.2) is 46.9 Å². The minimum Gasteiger partial charge on any atom is -0.446 e. The number of aromatic nitrogens is 2. The van der Waals surface area contributed by atoms with Crippen molar-refractivity contribution in [3.63, 3.8) is 0 Å². The van der Waals surface area contributed by atoms with E-state index in [0.717, 1.165) is 63.3 Å². The van der Waals surface area contributed by atoms with Crippen molar-refractivity contribution in [1.29, 1.82) is 0 Å². The smallest absolute Gasteiger partial charge is 0.410 e. The van der Waals surface area contributed by atoms with Crippen molar-refractivity contribution in [1.82, 2.24) is 15.1 Å². The molecule has 1 aromatic rings. The number of piperidine rings is 1. The number of hydrogen-bond donors (Lipinski definition) is 2. The van der Waals surface area contributed by atoms with Gasteiger partial charge in [0.05, 0.1) is 0 Å². The molecular weight excluding hydrogens is 280 g/mol. The normalized spacial score (nSPS) is 25.2. The summed E-state index contributed by atoms with van der Waals surface area (Å²) in [6, 6.07) is 2.07. The second-order valence-electron chi connectivity index (χ2n) is 6.30. The Labute approximate surface area is 131 Å². The van der Waals surface area contributed by atoms with Crippen molar-refractivity contribution >= 4 is 11.9 Å². The van der Waals surface area contributed by atoms with Crippen molar-refractivity contribution in [3.8, 4) is 0 Å². The summed E-state index contributed by atoms with van der Waals surface area (Å²) in [5.74, 6) is 1.31. The molecule has 6 nitrogen and oxygen atoms in total. The minimum absolute atomic E-state index is 0.0466. The molecule has 1 saturated carbocycles. The van der Waals surface area contributed by atoms with Gasteiger partial charge in [0.2, 0.25) is 0 Å². The van der Waals surface area contributed by atoms with Gasteiger partial charge >= 0.3 is 6.09 Å². The Hall–Kier alpha value is -1.72. The van der Waals surface area contributed by atoms with E-state index in [1.165, 1.54) is 6.42 Å². The molecule has 22 heavy (non-hydrogen) atoms. The van der Waals surface area contributed by atoms with E-state index in [1.807, 2.05) is 4.90 Å². The van der Waals surface area contributed by atoms with Crippen molar-refractivity contribution in [2.24, 2.45) is 0 Å². The minimum atomic E-state index is -0.122. The Bertz CT molecular complexity index is 496. The third-order valence-electron chi connectivity index (χ3n) is 4.66. The van der Waals surface area contributed by atoms with Gasteiger partial charge in [-0.3, -0.25) is 5.10 Å². The molecule has 2 N–H and O–H groups in total. The third kappa shape index (κ3) is 3.54. The summed E-state index contributed by atoms with van der Waals surface area (Å²) >= 11 is 0. The molecule has 6 heteroatoms. The van der Waals surface area contributed by atoms with Crippen LogP contribution in [-0.2, 0) is 4.74 Å². The zero-order valence-corrected chi connectivity index (χ0v) is 13.3. The summed E-state index contributed by atoms with van der Waals surface area (Å²) in [6.07, 6.45) is 6.24. The number of nitrogens with one attached hydrogen (secondary N) is 2. The number of amides is 1. The van der Waals surface area contributed by atoms with Crippen molar-refractivity contribution in [3.05, 3.63) is 11.8 Å². The molecule has 1 aliphatic carbocycles. The Kier molecular flexibility index (Phi) is 4.85. The Balaban J connectivity index is 1.49. The molecule has 0 radical (unpaired) electrons. The van der Waals surface area contributed by atoms with E-state index >= 15 is 0 Å². The monoisotopic (exact) mass is 306 g/mol. The number of aromatic amines is 1. The molecule has 1 amide bonds. The van der Waals surface area contributed by atoms with Crippen LogP contribution in [0.3, 0.4) is 0 Å². The van der Waals surface area contributed by atoms with Crippen molar-refractivity contribution in [2.45, 2.75) is 57.5 Å². The zero-order valence-electron chi connectivity index (χ0n) is 13.3. The molecule has 0 bridgehead atoms. The topological polar surface area (TPSA) is 70.2 Å². The fourth-order valence-corrected chi connectivity index (χ4v) is 3.44. The quantitative estimate of drug-likeness (QED) is 0.896. The van der Waals surface area contributed by atoms with Crippen LogP contribution in [0.4, 0.5) is 10.6 Å². The van der Waals surface area contributed by atoms with Crippen LogP contribution in [0.5, 0.6) is 0 Å². The van der Waals surface area contributed by atoms with E-state index < -0.39 is 0 Å². The fraction of sp³-hybridized carbons (Fsp3) is 0.750. The number of H-pyrrole nitrogens is 1. The predicted octanol–water partition coefficient (Wildman–Crippen LogP) is 3.10. The van der Waals surface area contributed by atoms with Gasteiger partial charge in [0.15, 0.2) is 0 Å². The predicted molar refractivity (Wildman–Crippen MR) is 85.0 cm³/mol. The first-order chi connectivity index (χ1) is 10.8. The first-order valence-electron chi connectivity index (χ1n) is 8.51. The van der Waals surface area contributed by atoms with E-state index in [4.69, 9.17) is 4.74 Å². The van der Waals surface area contributed by atoms with E-state index in [2.05, 4.69) is 28.5 Å². The molecule has 3 rings (SSSR count). The van der Waals surface area contributed by atoms with Crippen LogP contribution in [0.2, 0.25) is 0 Å². The van der Waals surface area contributed by atoms with Gasteiger partial charge in [-0.2, -0.15) is 5.10 Å². The fourth-order valence-electron chi connectivity index (χ4n) is 3.44. The maximum Gasteiger partial charge on any atom is 0.410 e. The van der Waals surface area contributed by atoms with Crippen LogP contribution in [0.25, 0.3) is 0 Å². The highest BCUT2D eigenvalue weighted by Gasteiger charge is 2.31. The van der Waals surface area contributed by atoms with Crippen LogP contribution in [0.15, 0.2) is 6.07 Å². The van der Waals surface area contributed by atoms with Gasteiger partial charge in [0.1, 0.15) is 11.9 Å². The highest BCUT2D eigenvalue weighted by atomic mass is 16.6. The summed E-state index contributed by atoms with van der Waals surface area (Å²) in [6.45, 7) is 4.62. The molecule has 1 aromatic heterocycles. The molecule has 2 aliphatic rings. The first-order valence-corrected chi connectivity index (χ1v) is 8.51. The highest BCUT2D eigenvalue weighted by molar-refractivity contribution is 5.68. The van der Waals surface area contributed by atoms with E-state index in [-0.39, 0.29) is 12.2 Å². The lowest BCUT2D eigenvalue weighted by Gasteiger charge is -2.27. The van der Waals surface area contributed by atoms with Gasteiger partial charge in [-0.25, -0.2) is 4.79 Å². The van der Waals surface area contributed by atoms with Gasteiger partial charge in [0, 0.05) is 37.3 Å². The number of ether oxygens (including phenoxy) is 1. The number of nitrogens with zero attached hydrogens (tertiary/aromatic N) is 2. The van der Waals surface area contributed by atoms with Gasteiger partial charge in [-0.15, -0.1) is 0 Å². The van der Waals surface area contributed by atoms with Crippen LogP contribution in [0, 0.1) is 0 Å². The van der Waals surface area contributed by atoms with Crippen LogP contribution >= 0.6 is 0 Å². The average molecular weight is 306 g/mol. The summed E-state index contributed by atoms with van der Waals surface area (Å²) in [5.41, 5.74) is 1.15. The highest BCUT2D eigenvalue weighted by Crippen LogP contribution is 2.36. The summed E-state index contributed by atoms with van der Waals surface area (Å²) in [7, 11) is 0. The van der Waals surface area contributed by atoms with Gasteiger partial charge < -0.3 is 15.0 Å².